The molecule has 5 heteroatoms. The molecule has 4 rings (SSSR count). The molecular weight excluding hydrogens is 354 g/mol. The number of hydrogen-bond donors (Lipinski definition) is 0. The van der Waals surface area contributed by atoms with Crippen molar-refractivity contribution in [2.24, 2.45) is 5.10 Å². The van der Waals surface area contributed by atoms with E-state index in [0.717, 1.165) is 26.4 Å². The van der Waals surface area contributed by atoms with Crippen molar-refractivity contribution in [1.29, 1.82) is 0 Å². The van der Waals surface area contributed by atoms with Gasteiger partial charge in [0.25, 0.3) is 5.56 Å². The van der Waals surface area contributed by atoms with E-state index in [1.165, 1.54) is 22.3 Å². The molecule has 4 aromatic rings. The van der Waals surface area contributed by atoms with Gasteiger partial charge in [-0.25, -0.2) is 4.98 Å². The first-order chi connectivity index (χ1) is 13.2. The molecule has 2 aromatic carbocycles. The molecule has 0 spiro atoms. The van der Waals surface area contributed by atoms with Crippen LogP contribution in [0.15, 0.2) is 83.0 Å². The van der Waals surface area contributed by atoms with Crippen LogP contribution in [0.1, 0.15) is 10.4 Å². The van der Waals surface area contributed by atoms with E-state index in [1.807, 2.05) is 79.7 Å². The summed E-state index contributed by atoms with van der Waals surface area (Å²) in [6.07, 6.45) is 6.82. The third-order valence-electron chi connectivity index (χ3n) is 4.20. The van der Waals surface area contributed by atoms with Crippen molar-refractivity contribution in [3.63, 3.8) is 0 Å². The zero-order valence-corrected chi connectivity index (χ0v) is 15.6. The predicted molar refractivity (Wildman–Crippen MR) is 113 cm³/mol. The van der Waals surface area contributed by atoms with Crippen LogP contribution < -0.4 is 5.56 Å². The van der Waals surface area contributed by atoms with Gasteiger partial charge in [-0.3, -0.25) is 4.79 Å². The minimum atomic E-state index is -0.160. The molecule has 4 nitrogen and oxygen atoms in total. The van der Waals surface area contributed by atoms with Crippen molar-refractivity contribution >= 4 is 33.8 Å². The molecule has 0 N–H and O–H groups in total. The van der Waals surface area contributed by atoms with E-state index in [2.05, 4.69) is 10.1 Å². The van der Waals surface area contributed by atoms with Gasteiger partial charge in [-0.15, -0.1) is 11.3 Å². The summed E-state index contributed by atoms with van der Waals surface area (Å²) in [6.45, 7) is 2.02. The third-order valence-corrected chi connectivity index (χ3v) is 5.21. The summed E-state index contributed by atoms with van der Waals surface area (Å²) in [5.41, 5.74) is 2.88. The molecule has 0 saturated heterocycles. The Morgan fingerprint density at radius 3 is 2.48 bits per heavy atom. The Labute approximate surface area is 160 Å². The number of nitrogens with zero attached hydrogens (tertiary/aromatic N) is 3. The van der Waals surface area contributed by atoms with E-state index in [4.69, 9.17) is 0 Å². The Balaban J connectivity index is 1.73. The molecule has 0 radical (unpaired) electrons. The lowest BCUT2D eigenvalue weighted by molar-refractivity contribution is 0.819. The molecule has 0 bridgehead atoms. The Hall–Kier alpha value is -3.31. The zero-order valence-electron chi connectivity index (χ0n) is 14.7. The van der Waals surface area contributed by atoms with Gasteiger partial charge in [0.05, 0.1) is 5.39 Å². The minimum Gasteiger partial charge on any atom is -0.267 e. The maximum Gasteiger partial charge on any atom is 0.283 e. The molecule has 2 heterocycles. The molecule has 0 aliphatic heterocycles. The Kier molecular flexibility index (Phi) is 4.77. The van der Waals surface area contributed by atoms with Crippen LogP contribution in [0.3, 0.4) is 0 Å². The van der Waals surface area contributed by atoms with Gasteiger partial charge >= 0.3 is 0 Å². The van der Waals surface area contributed by atoms with Crippen molar-refractivity contribution in [2.75, 3.05) is 0 Å². The fourth-order valence-electron chi connectivity index (χ4n) is 2.96. The Morgan fingerprint density at radius 1 is 1.04 bits per heavy atom. The standard InChI is InChI=1S/C22H17N3OS/c1-16-19(18-12-6-3-7-13-18)20-21(27-16)23-15-25(22(20)26)24-14-8-11-17-9-4-2-5-10-17/h2-15H,1H3/b11-8+,24-14-. The molecule has 0 fully saturated rings. The summed E-state index contributed by atoms with van der Waals surface area (Å²) in [5, 5.41) is 4.87. The summed E-state index contributed by atoms with van der Waals surface area (Å²) < 4.78 is 1.29. The molecule has 0 unspecified atom stereocenters. The van der Waals surface area contributed by atoms with Gasteiger partial charge < -0.3 is 0 Å². The third kappa shape index (κ3) is 3.50. The van der Waals surface area contributed by atoms with Gasteiger partial charge in [0.1, 0.15) is 11.2 Å². The average molecular weight is 371 g/mol. The van der Waals surface area contributed by atoms with Crippen molar-refractivity contribution < 1.29 is 0 Å². The Morgan fingerprint density at radius 2 is 1.74 bits per heavy atom. The predicted octanol–water partition coefficient (Wildman–Crippen LogP) is 4.98. The van der Waals surface area contributed by atoms with Crippen molar-refractivity contribution in [2.45, 2.75) is 6.92 Å². The first-order valence-corrected chi connectivity index (χ1v) is 9.38. The number of benzene rings is 2. The Bertz CT molecular complexity index is 1190. The normalized spacial score (nSPS) is 11.7. The van der Waals surface area contributed by atoms with E-state index in [1.54, 1.807) is 6.21 Å². The topological polar surface area (TPSA) is 47.2 Å². The maximum atomic E-state index is 13.0. The largest absolute Gasteiger partial charge is 0.283 e. The highest BCUT2D eigenvalue weighted by Gasteiger charge is 2.16. The number of hydrogen-bond acceptors (Lipinski definition) is 4. The van der Waals surface area contributed by atoms with Gasteiger partial charge in [-0.05, 0) is 24.1 Å². The SMILES string of the molecule is Cc1sc2ncn(/N=C\C=C\c3ccccc3)c(=O)c2c1-c1ccccc1. The van der Waals surface area contributed by atoms with Gasteiger partial charge in [0.15, 0.2) is 0 Å². The number of aromatic nitrogens is 2. The van der Waals surface area contributed by atoms with Gasteiger partial charge in [-0.1, -0.05) is 66.7 Å². The van der Waals surface area contributed by atoms with E-state index >= 15 is 0 Å². The quantitative estimate of drug-likeness (QED) is 0.475. The first-order valence-electron chi connectivity index (χ1n) is 8.56. The summed E-state index contributed by atoms with van der Waals surface area (Å²) in [5.74, 6) is 0. The number of thiophene rings is 1. The van der Waals surface area contributed by atoms with Crippen LogP contribution in [0.25, 0.3) is 27.4 Å². The smallest absolute Gasteiger partial charge is 0.267 e. The number of allylic oxidation sites excluding steroid dienone is 1. The van der Waals surface area contributed by atoms with Gasteiger partial charge in [0, 0.05) is 16.7 Å². The van der Waals surface area contributed by atoms with Crippen LogP contribution in [0, 0.1) is 6.92 Å². The molecule has 132 valence electrons. The van der Waals surface area contributed by atoms with Crippen LogP contribution in [0.2, 0.25) is 0 Å². The number of fused-ring (bicyclic) bond motifs is 1. The number of rotatable bonds is 4. The fraction of sp³-hybridized carbons (Fsp3) is 0.0455. The lowest BCUT2D eigenvalue weighted by Gasteiger charge is -2.02. The maximum absolute atomic E-state index is 13.0. The van der Waals surface area contributed by atoms with Crippen molar-refractivity contribution in [3.8, 4) is 11.1 Å². The second-order valence-electron chi connectivity index (χ2n) is 6.01. The van der Waals surface area contributed by atoms with Crippen LogP contribution in [-0.4, -0.2) is 15.9 Å². The fourth-order valence-corrected chi connectivity index (χ4v) is 3.96. The lowest BCUT2D eigenvalue weighted by atomic mass is 10.0. The van der Waals surface area contributed by atoms with Crippen molar-refractivity contribution in [1.82, 2.24) is 9.66 Å². The summed E-state index contributed by atoms with van der Waals surface area (Å²) >= 11 is 1.53. The monoisotopic (exact) mass is 371 g/mol. The molecule has 0 atom stereocenters. The molecular formula is C22H17N3OS. The minimum absolute atomic E-state index is 0.160. The highest BCUT2D eigenvalue weighted by Crippen LogP contribution is 2.35. The zero-order chi connectivity index (χ0) is 18.6. The molecule has 0 aliphatic carbocycles. The van der Waals surface area contributed by atoms with Crippen molar-refractivity contribution in [3.05, 3.63) is 93.9 Å². The molecule has 27 heavy (non-hydrogen) atoms. The van der Waals surface area contributed by atoms with Gasteiger partial charge in [0.2, 0.25) is 0 Å². The van der Waals surface area contributed by atoms with E-state index in [9.17, 15) is 4.79 Å². The van der Waals surface area contributed by atoms with Crippen LogP contribution in [-0.2, 0) is 0 Å². The van der Waals surface area contributed by atoms with E-state index in [0.29, 0.717) is 5.39 Å². The summed E-state index contributed by atoms with van der Waals surface area (Å²) in [7, 11) is 0. The number of aryl methyl sites for hydroxylation is 1. The first kappa shape index (κ1) is 17.1. The highest BCUT2D eigenvalue weighted by molar-refractivity contribution is 7.19. The van der Waals surface area contributed by atoms with Gasteiger partial charge in [-0.2, -0.15) is 9.78 Å². The molecule has 2 aromatic heterocycles. The van der Waals surface area contributed by atoms with Crippen LogP contribution in [0.5, 0.6) is 0 Å². The molecule has 0 saturated carbocycles. The average Bonchev–Trinajstić information content (AvgIpc) is 3.05. The summed E-state index contributed by atoms with van der Waals surface area (Å²) in [4.78, 5) is 19.2. The highest BCUT2D eigenvalue weighted by atomic mass is 32.1. The lowest BCUT2D eigenvalue weighted by Crippen LogP contribution is -2.16. The summed E-state index contributed by atoms with van der Waals surface area (Å²) in [6, 6.07) is 19.9. The second kappa shape index (κ2) is 7.51. The van der Waals surface area contributed by atoms with E-state index in [-0.39, 0.29) is 5.56 Å². The second-order valence-corrected chi connectivity index (χ2v) is 7.21. The molecule has 0 amide bonds. The molecule has 0 aliphatic rings. The van der Waals surface area contributed by atoms with Crippen LogP contribution in [0.4, 0.5) is 0 Å². The van der Waals surface area contributed by atoms with E-state index < -0.39 is 0 Å². The van der Waals surface area contributed by atoms with Crippen LogP contribution >= 0.6 is 11.3 Å².